The van der Waals surface area contributed by atoms with E-state index in [0.717, 1.165) is 19.3 Å². The van der Waals surface area contributed by atoms with Gasteiger partial charge >= 0.3 is 6.09 Å². The van der Waals surface area contributed by atoms with Crippen molar-refractivity contribution in [1.82, 2.24) is 10.2 Å². The van der Waals surface area contributed by atoms with Crippen LogP contribution in [0.5, 0.6) is 0 Å². The first-order valence-electron chi connectivity index (χ1n) is 15.3. The minimum atomic E-state index is -1.48. The van der Waals surface area contributed by atoms with E-state index in [2.05, 4.69) is 19.2 Å². The van der Waals surface area contributed by atoms with Crippen LogP contribution in [0.25, 0.3) is 0 Å². The first-order valence-corrected chi connectivity index (χ1v) is 16.3. The Labute approximate surface area is 253 Å². The van der Waals surface area contributed by atoms with Crippen LogP contribution in [0.1, 0.15) is 60.3 Å². The van der Waals surface area contributed by atoms with Crippen molar-refractivity contribution >= 4 is 23.8 Å². The molecule has 42 heavy (non-hydrogen) atoms. The lowest BCUT2D eigenvalue weighted by atomic mass is 9.85. The maximum atomic E-state index is 14.1. The fraction of sp³-hybridized carbons (Fsp3) is 0.867. The van der Waals surface area contributed by atoms with E-state index in [1.165, 1.54) is 16.7 Å². The highest BCUT2D eigenvalue weighted by Crippen LogP contribution is 2.38. The van der Waals surface area contributed by atoms with Crippen LogP contribution in [0.2, 0.25) is 0 Å². The van der Waals surface area contributed by atoms with Crippen molar-refractivity contribution in [3.63, 3.8) is 0 Å². The van der Waals surface area contributed by atoms with E-state index in [9.17, 15) is 30.0 Å². The molecular weight excluding hydrogens is 564 g/mol. The third-order valence-corrected chi connectivity index (χ3v) is 9.89. The number of ether oxygens (including phenoxy) is 3. The Morgan fingerprint density at radius 3 is 2.55 bits per heavy atom. The third-order valence-electron chi connectivity index (χ3n) is 8.55. The first-order chi connectivity index (χ1) is 19.8. The Morgan fingerprint density at radius 2 is 1.88 bits per heavy atom. The van der Waals surface area contributed by atoms with Gasteiger partial charge in [-0.05, 0) is 58.3 Å². The van der Waals surface area contributed by atoms with Crippen molar-refractivity contribution in [1.29, 1.82) is 0 Å². The lowest BCUT2D eigenvalue weighted by molar-refractivity contribution is -0.205. The van der Waals surface area contributed by atoms with Gasteiger partial charge in [0.2, 0.25) is 5.91 Å². The van der Waals surface area contributed by atoms with Gasteiger partial charge in [-0.2, -0.15) is 0 Å². The molecule has 3 saturated heterocycles. The highest BCUT2D eigenvalue weighted by atomic mass is 32.2. The molecule has 0 aromatic carbocycles. The quantitative estimate of drug-likeness (QED) is 0.289. The monoisotopic (exact) mass is 614 g/mol. The molecule has 4 aliphatic heterocycles. The van der Waals surface area contributed by atoms with Crippen LogP contribution in [-0.4, -0.2) is 116 Å². The number of hydrogen-bond donors (Lipinski definition) is 5. The maximum absolute atomic E-state index is 14.1. The van der Waals surface area contributed by atoms with Crippen LogP contribution in [0.4, 0.5) is 4.79 Å². The SMILES string of the molecule is CC(C)C[C@@H]1CCO[C@@H]2[C@@H](C1)CN(C(=O)OC(C)(C)C)[C@@H]2C(=O)N[C@@H]1C/C=C\C(CO)CSC2O[C@H]1C(O)[C@@H](O)[C@H]2O. The lowest BCUT2D eigenvalue weighted by Gasteiger charge is -2.44. The fourth-order valence-corrected chi connectivity index (χ4v) is 7.85. The number of likely N-dealkylation sites (tertiary alicyclic amines) is 1. The Morgan fingerprint density at radius 1 is 1.14 bits per heavy atom. The normalized spacial score (nSPS) is 40.1. The van der Waals surface area contributed by atoms with Gasteiger partial charge in [-0.25, -0.2) is 4.79 Å². The van der Waals surface area contributed by atoms with Gasteiger partial charge in [-0.1, -0.05) is 26.0 Å². The molecule has 4 rings (SSSR count). The number of fused-ring (bicyclic) bond motifs is 3. The number of nitrogens with one attached hydrogen (secondary N) is 1. The molecule has 0 aliphatic carbocycles. The van der Waals surface area contributed by atoms with Crippen LogP contribution in [0, 0.1) is 23.7 Å². The molecule has 2 amide bonds. The average Bonchev–Trinajstić information content (AvgIpc) is 3.15. The molecule has 11 nitrogen and oxygen atoms in total. The first kappa shape index (κ1) is 33.5. The second-order valence-corrected chi connectivity index (χ2v) is 14.8. The molecular formula is C30H50N2O9S. The molecule has 5 N–H and O–H groups in total. The van der Waals surface area contributed by atoms with E-state index in [4.69, 9.17) is 14.2 Å². The average molecular weight is 615 g/mol. The highest BCUT2D eigenvalue weighted by molar-refractivity contribution is 7.99. The molecule has 12 heteroatoms. The number of hydrogen-bond acceptors (Lipinski definition) is 10. The summed E-state index contributed by atoms with van der Waals surface area (Å²) in [5.41, 5.74) is -1.61. The Kier molecular flexibility index (Phi) is 11.3. The molecule has 3 fully saturated rings. The minimum Gasteiger partial charge on any atom is -0.444 e. The number of aliphatic hydroxyl groups is 4. The minimum absolute atomic E-state index is 0.0388. The molecule has 0 radical (unpaired) electrons. The molecule has 4 heterocycles. The molecule has 4 aliphatic rings. The Balaban J connectivity index is 1.61. The van der Waals surface area contributed by atoms with Crippen molar-refractivity contribution in [2.24, 2.45) is 23.7 Å². The molecule has 0 aromatic heterocycles. The van der Waals surface area contributed by atoms with Gasteiger partial charge in [-0.3, -0.25) is 9.69 Å². The summed E-state index contributed by atoms with van der Waals surface area (Å²) in [5.74, 6) is 0.704. The third kappa shape index (κ3) is 7.99. The summed E-state index contributed by atoms with van der Waals surface area (Å²) < 4.78 is 18.1. The molecule has 240 valence electrons. The molecule has 3 unspecified atom stereocenters. The predicted molar refractivity (Wildman–Crippen MR) is 158 cm³/mol. The van der Waals surface area contributed by atoms with E-state index in [1.54, 1.807) is 20.8 Å². The van der Waals surface area contributed by atoms with Gasteiger partial charge in [0.15, 0.2) is 0 Å². The van der Waals surface area contributed by atoms with Crippen molar-refractivity contribution < 1.29 is 44.2 Å². The van der Waals surface area contributed by atoms with E-state index >= 15 is 0 Å². The number of aliphatic hydroxyl groups excluding tert-OH is 4. The zero-order chi connectivity index (χ0) is 30.8. The van der Waals surface area contributed by atoms with Crippen molar-refractivity contribution in [2.75, 3.05) is 25.5 Å². The van der Waals surface area contributed by atoms with Crippen molar-refractivity contribution in [2.45, 2.75) is 114 Å². The second kappa shape index (κ2) is 14.1. The predicted octanol–water partition coefficient (Wildman–Crippen LogP) is 1.66. The maximum Gasteiger partial charge on any atom is 0.411 e. The van der Waals surface area contributed by atoms with Gasteiger partial charge in [0, 0.05) is 30.7 Å². The topological polar surface area (TPSA) is 158 Å². The number of amides is 2. The second-order valence-electron chi connectivity index (χ2n) is 13.7. The summed E-state index contributed by atoms with van der Waals surface area (Å²) >= 11 is 1.24. The van der Waals surface area contributed by atoms with Gasteiger partial charge in [-0.15, -0.1) is 11.8 Å². The van der Waals surface area contributed by atoms with Crippen LogP contribution in [-0.2, 0) is 19.0 Å². The molecule has 0 aromatic rings. The van der Waals surface area contributed by atoms with E-state index in [0.29, 0.717) is 30.7 Å². The number of thioether (sulfide) groups is 1. The smallest absolute Gasteiger partial charge is 0.411 e. The summed E-state index contributed by atoms with van der Waals surface area (Å²) in [6.45, 7) is 10.5. The van der Waals surface area contributed by atoms with Gasteiger partial charge < -0.3 is 40.0 Å². The van der Waals surface area contributed by atoms with Crippen LogP contribution in [0.3, 0.4) is 0 Å². The van der Waals surface area contributed by atoms with Gasteiger partial charge in [0.25, 0.3) is 0 Å². The summed E-state index contributed by atoms with van der Waals surface area (Å²) in [5, 5.41) is 44.9. The summed E-state index contributed by atoms with van der Waals surface area (Å²) in [6.07, 6.45) is 0.318. The Hall–Kier alpha value is -1.41. The standard InChI is InChI=1S/C30H50N2O9S/c1-16(2)11-17-9-10-39-25-19(12-17)13-32(29(38)41-30(3,4)5)21(25)27(37)31-20-8-6-7-18(14-33)15-42-28-24(36)22(34)23(35)26(20)40-28/h6-7,16-26,28,33-36H,8-15H2,1-5H3,(H,31,37)/b7-6-/t17-,18?,19-,20+,21-,22+,23?,24+,25+,26+,28?/m0/s1. The molecule has 0 spiro atoms. The zero-order valence-corrected chi connectivity index (χ0v) is 26.2. The van der Waals surface area contributed by atoms with E-state index in [1.807, 2.05) is 12.2 Å². The molecule has 2 bridgehead atoms. The van der Waals surface area contributed by atoms with Crippen LogP contribution in [0.15, 0.2) is 12.2 Å². The van der Waals surface area contributed by atoms with Crippen molar-refractivity contribution in [3.05, 3.63) is 12.2 Å². The Bertz CT molecular complexity index is 960. The van der Waals surface area contributed by atoms with Crippen LogP contribution >= 0.6 is 11.8 Å². The number of carbonyl (C=O) groups is 2. The van der Waals surface area contributed by atoms with Gasteiger partial charge in [0.1, 0.15) is 41.5 Å². The van der Waals surface area contributed by atoms with Crippen LogP contribution < -0.4 is 5.32 Å². The van der Waals surface area contributed by atoms with Gasteiger partial charge in [0.05, 0.1) is 18.8 Å². The fourth-order valence-electron chi connectivity index (χ4n) is 6.63. The molecule has 11 atom stereocenters. The molecule has 0 saturated carbocycles. The lowest BCUT2D eigenvalue weighted by Crippen LogP contribution is -2.64. The summed E-state index contributed by atoms with van der Waals surface area (Å²) in [6, 6.07) is -1.74. The number of rotatable bonds is 5. The largest absolute Gasteiger partial charge is 0.444 e. The van der Waals surface area contributed by atoms with Crippen molar-refractivity contribution in [3.8, 4) is 0 Å². The zero-order valence-electron chi connectivity index (χ0n) is 25.4. The van der Waals surface area contributed by atoms with E-state index in [-0.39, 0.29) is 24.9 Å². The summed E-state index contributed by atoms with van der Waals surface area (Å²) in [7, 11) is 0. The van der Waals surface area contributed by atoms with E-state index < -0.39 is 65.6 Å². The highest BCUT2D eigenvalue weighted by Gasteiger charge is 2.53. The summed E-state index contributed by atoms with van der Waals surface area (Å²) in [4.78, 5) is 29.0. The number of carbonyl (C=O) groups excluding carboxylic acids is 2. The number of nitrogens with zero attached hydrogens (tertiary/aromatic N) is 1.